The summed E-state index contributed by atoms with van der Waals surface area (Å²) >= 11 is 0. The second-order valence-electron chi connectivity index (χ2n) is 5.63. The molecule has 1 amide bonds. The van der Waals surface area contributed by atoms with Gasteiger partial charge in [-0.05, 0) is 56.8 Å². The summed E-state index contributed by atoms with van der Waals surface area (Å²) < 4.78 is 0. The summed E-state index contributed by atoms with van der Waals surface area (Å²) in [5.41, 5.74) is 6.61. The Bertz CT molecular complexity index is 404. The van der Waals surface area contributed by atoms with Crippen LogP contribution in [-0.4, -0.2) is 23.6 Å². The van der Waals surface area contributed by atoms with Crippen molar-refractivity contribution in [2.24, 2.45) is 5.73 Å². The molecule has 21 heavy (non-hydrogen) atoms. The van der Waals surface area contributed by atoms with Gasteiger partial charge < -0.3 is 16.2 Å². The maximum Gasteiger partial charge on any atom is 0.220 e. The van der Waals surface area contributed by atoms with Crippen LogP contribution in [0.4, 0.5) is 0 Å². The summed E-state index contributed by atoms with van der Waals surface area (Å²) in [6, 6.07) is 7.40. The van der Waals surface area contributed by atoms with Crippen LogP contribution in [-0.2, 0) is 11.2 Å². The number of nitrogens with two attached hydrogens (primary N) is 1. The molecular formula is C17H28N2O2. The number of phenols is 1. The Hall–Kier alpha value is -1.55. The third kappa shape index (κ3) is 8.35. The first-order valence-corrected chi connectivity index (χ1v) is 7.89. The summed E-state index contributed by atoms with van der Waals surface area (Å²) in [6.45, 7) is 2.77. The molecule has 1 unspecified atom stereocenters. The van der Waals surface area contributed by atoms with Crippen molar-refractivity contribution in [3.05, 3.63) is 29.8 Å². The van der Waals surface area contributed by atoms with E-state index in [-0.39, 0.29) is 17.7 Å². The van der Waals surface area contributed by atoms with Gasteiger partial charge in [0.25, 0.3) is 0 Å². The predicted octanol–water partition coefficient (Wildman–Crippen LogP) is 2.74. The molecule has 0 heterocycles. The molecule has 0 aliphatic carbocycles. The number of hydrogen-bond acceptors (Lipinski definition) is 3. The highest BCUT2D eigenvalue weighted by atomic mass is 16.3. The van der Waals surface area contributed by atoms with Gasteiger partial charge in [-0.2, -0.15) is 0 Å². The van der Waals surface area contributed by atoms with Gasteiger partial charge in [0.1, 0.15) is 5.75 Å². The van der Waals surface area contributed by atoms with Crippen LogP contribution in [0.15, 0.2) is 24.3 Å². The largest absolute Gasteiger partial charge is 0.508 e. The normalized spacial score (nSPS) is 12.1. The fourth-order valence-electron chi connectivity index (χ4n) is 2.25. The summed E-state index contributed by atoms with van der Waals surface area (Å²) in [5, 5.41) is 12.3. The van der Waals surface area contributed by atoms with Crippen LogP contribution in [0.3, 0.4) is 0 Å². The molecule has 0 saturated carbocycles. The maximum atomic E-state index is 11.8. The van der Waals surface area contributed by atoms with E-state index in [0.29, 0.717) is 6.42 Å². The number of aromatic hydroxyl groups is 1. The smallest absolute Gasteiger partial charge is 0.220 e. The minimum Gasteiger partial charge on any atom is -0.508 e. The van der Waals surface area contributed by atoms with Gasteiger partial charge in [0, 0.05) is 12.5 Å². The van der Waals surface area contributed by atoms with E-state index in [1.54, 1.807) is 12.1 Å². The van der Waals surface area contributed by atoms with Gasteiger partial charge in [0.15, 0.2) is 0 Å². The first-order valence-electron chi connectivity index (χ1n) is 7.89. The van der Waals surface area contributed by atoms with Gasteiger partial charge in [-0.1, -0.05) is 25.0 Å². The van der Waals surface area contributed by atoms with E-state index < -0.39 is 0 Å². The van der Waals surface area contributed by atoms with Crippen molar-refractivity contribution >= 4 is 5.91 Å². The second kappa shape index (κ2) is 10.2. The fourth-order valence-corrected chi connectivity index (χ4v) is 2.25. The number of hydrogen-bond donors (Lipinski definition) is 3. The SMILES string of the molecule is CC(CCc1ccc(O)cc1)NC(=O)CCCCCCN. The summed E-state index contributed by atoms with van der Waals surface area (Å²) in [4.78, 5) is 11.8. The monoisotopic (exact) mass is 292 g/mol. The third-order valence-corrected chi connectivity index (χ3v) is 3.57. The lowest BCUT2D eigenvalue weighted by Gasteiger charge is -2.14. The lowest BCUT2D eigenvalue weighted by atomic mass is 10.1. The number of amides is 1. The Kier molecular flexibility index (Phi) is 8.51. The number of benzene rings is 1. The van der Waals surface area contributed by atoms with Gasteiger partial charge in [-0.15, -0.1) is 0 Å². The zero-order valence-corrected chi connectivity index (χ0v) is 13.0. The molecule has 1 rings (SSSR count). The molecule has 4 heteroatoms. The first-order chi connectivity index (χ1) is 10.1. The lowest BCUT2D eigenvalue weighted by molar-refractivity contribution is -0.121. The lowest BCUT2D eigenvalue weighted by Crippen LogP contribution is -2.32. The zero-order chi connectivity index (χ0) is 15.5. The number of carbonyl (C=O) groups excluding carboxylic acids is 1. The number of carbonyl (C=O) groups is 1. The van der Waals surface area contributed by atoms with Crippen molar-refractivity contribution in [2.75, 3.05) is 6.54 Å². The van der Waals surface area contributed by atoms with Crippen LogP contribution in [0.1, 0.15) is 51.0 Å². The average Bonchev–Trinajstić information content (AvgIpc) is 2.46. The highest BCUT2D eigenvalue weighted by Crippen LogP contribution is 2.12. The van der Waals surface area contributed by atoms with E-state index in [0.717, 1.165) is 45.1 Å². The Morgan fingerprint density at radius 3 is 2.52 bits per heavy atom. The molecular weight excluding hydrogens is 264 g/mol. The van der Waals surface area contributed by atoms with Crippen molar-refractivity contribution in [2.45, 2.75) is 57.9 Å². The van der Waals surface area contributed by atoms with Crippen LogP contribution >= 0.6 is 0 Å². The molecule has 1 aromatic carbocycles. The van der Waals surface area contributed by atoms with Crippen molar-refractivity contribution in [3.63, 3.8) is 0 Å². The van der Waals surface area contributed by atoms with Gasteiger partial charge in [0.2, 0.25) is 5.91 Å². The Balaban J connectivity index is 2.13. The van der Waals surface area contributed by atoms with Gasteiger partial charge >= 0.3 is 0 Å². The molecule has 0 bridgehead atoms. The molecule has 0 aromatic heterocycles. The van der Waals surface area contributed by atoms with Crippen molar-refractivity contribution in [1.82, 2.24) is 5.32 Å². The maximum absolute atomic E-state index is 11.8. The van der Waals surface area contributed by atoms with Crippen LogP contribution in [0.5, 0.6) is 5.75 Å². The molecule has 0 aliphatic rings. The van der Waals surface area contributed by atoms with E-state index >= 15 is 0 Å². The van der Waals surface area contributed by atoms with Crippen molar-refractivity contribution < 1.29 is 9.90 Å². The molecule has 118 valence electrons. The highest BCUT2D eigenvalue weighted by Gasteiger charge is 2.07. The molecule has 1 aromatic rings. The van der Waals surface area contributed by atoms with E-state index in [1.807, 2.05) is 19.1 Å². The van der Waals surface area contributed by atoms with E-state index in [4.69, 9.17) is 5.73 Å². The Labute approximate surface area is 127 Å². The van der Waals surface area contributed by atoms with Gasteiger partial charge in [-0.25, -0.2) is 0 Å². The molecule has 0 aliphatic heterocycles. The molecule has 0 radical (unpaired) electrons. The van der Waals surface area contributed by atoms with Crippen molar-refractivity contribution in [1.29, 1.82) is 0 Å². The zero-order valence-electron chi connectivity index (χ0n) is 13.0. The van der Waals surface area contributed by atoms with Crippen LogP contribution in [0.25, 0.3) is 0 Å². The summed E-state index contributed by atoms with van der Waals surface area (Å²) in [5.74, 6) is 0.427. The number of rotatable bonds is 10. The molecule has 0 spiro atoms. The minimum atomic E-state index is 0.140. The third-order valence-electron chi connectivity index (χ3n) is 3.57. The highest BCUT2D eigenvalue weighted by molar-refractivity contribution is 5.76. The first kappa shape index (κ1) is 17.5. The quantitative estimate of drug-likeness (QED) is 0.580. The molecule has 0 fully saturated rings. The van der Waals surface area contributed by atoms with E-state index in [9.17, 15) is 9.90 Å². The summed E-state index contributed by atoms with van der Waals surface area (Å²) in [6.07, 6.45) is 6.59. The number of unbranched alkanes of at least 4 members (excludes halogenated alkanes) is 3. The fraction of sp³-hybridized carbons (Fsp3) is 0.588. The predicted molar refractivity (Wildman–Crippen MR) is 86.2 cm³/mol. The van der Waals surface area contributed by atoms with Crippen molar-refractivity contribution in [3.8, 4) is 5.75 Å². The van der Waals surface area contributed by atoms with E-state index in [1.165, 1.54) is 5.56 Å². The van der Waals surface area contributed by atoms with Crippen LogP contribution < -0.4 is 11.1 Å². The van der Waals surface area contributed by atoms with Gasteiger partial charge in [0.05, 0.1) is 0 Å². The number of aryl methyl sites for hydroxylation is 1. The van der Waals surface area contributed by atoms with Crippen LogP contribution in [0.2, 0.25) is 0 Å². The molecule has 0 saturated heterocycles. The summed E-state index contributed by atoms with van der Waals surface area (Å²) in [7, 11) is 0. The molecule has 4 nitrogen and oxygen atoms in total. The van der Waals surface area contributed by atoms with E-state index in [2.05, 4.69) is 5.32 Å². The minimum absolute atomic E-state index is 0.140. The molecule has 1 atom stereocenters. The molecule has 4 N–H and O–H groups in total. The number of nitrogens with one attached hydrogen (secondary N) is 1. The Morgan fingerprint density at radius 1 is 1.19 bits per heavy atom. The second-order valence-corrected chi connectivity index (χ2v) is 5.63. The number of phenolic OH excluding ortho intramolecular Hbond substituents is 1. The van der Waals surface area contributed by atoms with Gasteiger partial charge in [-0.3, -0.25) is 4.79 Å². The Morgan fingerprint density at radius 2 is 1.86 bits per heavy atom. The van der Waals surface area contributed by atoms with Crippen LogP contribution in [0, 0.1) is 0 Å². The topological polar surface area (TPSA) is 75.3 Å². The average molecular weight is 292 g/mol. The standard InChI is InChI=1S/C17H28N2O2/c1-14(7-8-15-9-11-16(20)12-10-15)19-17(21)6-4-2-3-5-13-18/h9-12,14,20H,2-8,13,18H2,1H3,(H,19,21).